The van der Waals surface area contributed by atoms with E-state index in [9.17, 15) is 18.0 Å². The Morgan fingerprint density at radius 2 is 1.84 bits per heavy atom. The van der Waals surface area contributed by atoms with Crippen molar-refractivity contribution in [3.63, 3.8) is 0 Å². The van der Waals surface area contributed by atoms with Crippen LogP contribution < -0.4 is 16.0 Å². The van der Waals surface area contributed by atoms with Gasteiger partial charge in [0.05, 0.1) is 10.6 Å². The van der Waals surface area contributed by atoms with Gasteiger partial charge in [0, 0.05) is 17.3 Å². The SMILES string of the molecule is CCCCc1ccc(S(=O)(=O)C2CNC(SCC(=O)Nc3ccc(Cl)cc3)NC2=O)cc1. The number of anilines is 1. The molecule has 2 unspecified atom stereocenters. The number of sulfone groups is 1. The first kappa shape index (κ1) is 24.6. The van der Waals surface area contributed by atoms with Crippen molar-refractivity contribution in [1.29, 1.82) is 0 Å². The second kappa shape index (κ2) is 11.2. The van der Waals surface area contributed by atoms with E-state index in [1.54, 1.807) is 48.5 Å². The molecule has 1 heterocycles. The molecule has 2 aromatic carbocycles. The molecular weight excluding hydrogens is 470 g/mol. The average Bonchev–Trinajstić information content (AvgIpc) is 2.78. The lowest BCUT2D eigenvalue weighted by molar-refractivity contribution is -0.122. The minimum atomic E-state index is -3.82. The summed E-state index contributed by atoms with van der Waals surface area (Å²) in [6, 6.07) is 13.5. The van der Waals surface area contributed by atoms with Crippen LogP contribution in [0.15, 0.2) is 53.4 Å². The van der Waals surface area contributed by atoms with Crippen molar-refractivity contribution in [2.45, 2.75) is 41.8 Å². The normalized spacial score (nSPS) is 18.8. The van der Waals surface area contributed by atoms with Crippen molar-refractivity contribution in [1.82, 2.24) is 10.6 Å². The lowest BCUT2D eigenvalue weighted by Gasteiger charge is -2.29. The van der Waals surface area contributed by atoms with Gasteiger partial charge in [-0.15, -0.1) is 11.8 Å². The van der Waals surface area contributed by atoms with Crippen molar-refractivity contribution < 1.29 is 18.0 Å². The summed E-state index contributed by atoms with van der Waals surface area (Å²) in [5.41, 5.74) is 1.14. The zero-order valence-corrected chi connectivity index (χ0v) is 20.0. The molecule has 1 aliphatic rings. The van der Waals surface area contributed by atoms with Gasteiger partial charge >= 0.3 is 0 Å². The van der Waals surface area contributed by atoms with E-state index in [0.29, 0.717) is 10.7 Å². The summed E-state index contributed by atoms with van der Waals surface area (Å²) in [5.74, 6) is -0.738. The number of thioether (sulfide) groups is 1. The van der Waals surface area contributed by atoms with Gasteiger partial charge in [0.2, 0.25) is 11.8 Å². The van der Waals surface area contributed by atoms with Crippen LogP contribution in [-0.2, 0) is 25.8 Å². The molecule has 1 fully saturated rings. The van der Waals surface area contributed by atoms with Crippen molar-refractivity contribution in [3.8, 4) is 0 Å². The number of aryl methyl sites for hydroxylation is 1. The molecule has 1 aliphatic heterocycles. The standard InChI is InChI=1S/C22H26ClN3O4S2/c1-2-3-4-15-5-11-18(12-6-15)32(29,30)19-13-24-22(26-21(19)28)31-14-20(27)25-17-9-7-16(23)8-10-17/h5-12,19,22,24H,2-4,13-14H2,1H3,(H,25,27)(H,26,28). The molecule has 0 spiro atoms. The van der Waals surface area contributed by atoms with Gasteiger partial charge < -0.3 is 10.6 Å². The van der Waals surface area contributed by atoms with Crippen molar-refractivity contribution in [3.05, 3.63) is 59.1 Å². The number of carbonyl (C=O) groups excluding carboxylic acids is 2. The molecule has 1 saturated heterocycles. The van der Waals surface area contributed by atoms with E-state index in [2.05, 4.69) is 22.9 Å². The van der Waals surface area contributed by atoms with Crippen LogP contribution in [0.25, 0.3) is 0 Å². The Kier molecular flexibility index (Phi) is 8.58. The number of carbonyl (C=O) groups is 2. The predicted octanol–water partition coefficient (Wildman–Crippen LogP) is 3.20. The van der Waals surface area contributed by atoms with Crippen LogP contribution in [0.5, 0.6) is 0 Å². The first-order chi connectivity index (χ1) is 15.3. The number of rotatable bonds is 9. The van der Waals surface area contributed by atoms with E-state index < -0.39 is 26.5 Å². The number of halogens is 1. The molecule has 0 saturated carbocycles. The van der Waals surface area contributed by atoms with Crippen LogP contribution in [-0.4, -0.2) is 43.3 Å². The highest BCUT2D eigenvalue weighted by atomic mass is 35.5. The van der Waals surface area contributed by atoms with Crippen LogP contribution in [0, 0.1) is 0 Å². The van der Waals surface area contributed by atoms with Crippen molar-refractivity contribution in [2.75, 3.05) is 17.6 Å². The van der Waals surface area contributed by atoms with Crippen molar-refractivity contribution in [2.24, 2.45) is 0 Å². The van der Waals surface area contributed by atoms with Crippen LogP contribution in [0.1, 0.15) is 25.3 Å². The molecule has 0 aromatic heterocycles. The summed E-state index contributed by atoms with van der Waals surface area (Å²) in [4.78, 5) is 24.8. The van der Waals surface area contributed by atoms with Gasteiger partial charge in [-0.3, -0.25) is 14.9 Å². The third kappa shape index (κ3) is 6.48. The summed E-state index contributed by atoms with van der Waals surface area (Å²) >= 11 is 7.00. The topological polar surface area (TPSA) is 104 Å². The number of unbranched alkanes of at least 4 members (excludes halogenated alkanes) is 1. The second-order valence-corrected chi connectivity index (χ2v) is 11.1. The highest BCUT2D eigenvalue weighted by Crippen LogP contribution is 2.21. The Hall–Kier alpha value is -2.07. The predicted molar refractivity (Wildman–Crippen MR) is 129 cm³/mol. The fourth-order valence-corrected chi connectivity index (χ4v) is 5.65. The highest BCUT2D eigenvalue weighted by molar-refractivity contribution is 8.00. The lowest BCUT2D eigenvalue weighted by Crippen LogP contribution is -2.59. The molecule has 3 N–H and O–H groups in total. The molecule has 2 atom stereocenters. The number of nitrogens with one attached hydrogen (secondary N) is 3. The van der Waals surface area contributed by atoms with E-state index in [0.717, 1.165) is 24.8 Å². The summed E-state index contributed by atoms with van der Waals surface area (Å²) in [5, 5.41) is 7.73. The smallest absolute Gasteiger partial charge is 0.241 e. The molecule has 2 aromatic rings. The first-order valence-electron chi connectivity index (χ1n) is 10.3. The Balaban J connectivity index is 1.52. The largest absolute Gasteiger partial charge is 0.331 e. The quantitative estimate of drug-likeness (QED) is 0.493. The third-order valence-electron chi connectivity index (χ3n) is 5.01. The lowest BCUT2D eigenvalue weighted by atomic mass is 10.1. The number of hydrogen-bond acceptors (Lipinski definition) is 6. The van der Waals surface area contributed by atoms with Gasteiger partial charge in [-0.1, -0.05) is 37.1 Å². The Bertz CT molecular complexity index is 1040. The maximum Gasteiger partial charge on any atom is 0.241 e. The third-order valence-corrected chi connectivity index (χ3v) is 8.37. The Morgan fingerprint density at radius 1 is 1.16 bits per heavy atom. The van der Waals surface area contributed by atoms with E-state index in [-0.39, 0.29) is 23.1 Å². The molecule has 32 heavy (non-hydrogen) atoms. The zero-order valence-electron chi connectivity index (χ0n) is 17.6. The number of benzene rings is 2. The zero-order chi connectivity index (χ0) is 23.1. The Labute approximate surface area is 197 Å². The van der Waals surface area contributed by atoms with Gasteiger partial charge in [0.15, 0.2) is 15.1 Å². The van der Waals surface area contributed by atoms with Gasteiger partial charge in [-0.25, -0.2) is 8.42 Å². The molecule has 2 amide bonds. The van der Waals surface area contributed by atoms with Crippen LogP contribution >= 0.6 is 23.4 Å². The van der Waals surface area contributed by atoms with Gasteiger partial charge in [0.25, 0.3) is 0 Å². The molecule has 0 bridgehead atoms. The summed E-state index contributed by atoms with van der Waals surface area (Å²) < 4.78 is 25.9. The molecule has 3 rings (SSSR count). The van der Waals surface area contributed by atoms with E-state index in [1.807, 2.05) is 0 Å². The first-order valence-corrected chi connectivity index (χ1v) is 13.3. The monoisotopic (exact) mass is 495 g/mol. The van der Waals surface area contributed by atoms with Crippen molar-refractivity contribution >= 4 is 50.7 Å². The number of amides is 2. The molecule has 0 radical (unpaired) electrons. The van der Waals surface area contributed by atoms with E-state index >= 15 is 0 Å². The maximum absolute atomic E-state index is 12.9. The fraction of sp³-hybridized carbons (Fsp3) is 0.364. The van der Waals surface area contributed by atoms with Gasteiger partial charge in [0.1, 0.15) is 5.50 Å². The van der Waals surface area contributed by atoms with Crippen LogP contribution in [0.3, 0.4) is 0 Å². The molecular formula is C22H26ClN3O4S2. The van der Waals surface area contributed by atoms with Crippen LogP contribution in [0.2, 0.25) is 5.02 Å². The Morgan fingerprint density at radius 3 is 2.47 bits per heavy atom. The molecule has 0 aliphatic carbocycles. The van der Waals surface area contributed by atoms with E-state index in [4.69, 9.17) is 11.6 Å². The highest BCUT2D eigenvalue weighted by Gasteiger charge is 2.38. The summed E-state index contributed by atoms with van der Waals surface area (Å²) in [6.45, 7) is 2.08. The van der Waals surface area contributed by atoms with Gasteiger partial charge in [-0.2, -0.15) is 0 Å². The number of hydrogen-bond donors (Lipinski definition) is 3. The van der Waals surface area contributed by atoms with Crippen LogP contribution in [0.4, 0.5) is 5.69 Å². The summed E-state index contributed by atoms with van der Waals surface area (Å²) in [6.07, 6.45) is 3.00. The summed E-state index contributed by atoms with van der Waals surface area (Å²) in [7, 11) is -3.82. The second-order valence-electron chi connectivity index (χ2n) is 7.44. The molecule has 10 heteroatoms. The molecule has 172 valence electrons. The van der Waals surface area contributed by atoms with E-state index in [1.165, 1.54) is 11.8 Å². The molecule has 7 nitrogen and oxygen atoms in total. The average molecular weight is 496 g/mol. The fourth-order valence-electron chi connectivity index (χ4n) is 3.21. The maximum atomic E-state index is 12.9. The minimum absolute atomic E-state index is 0.0256. The minimum Gasteiger partial charge on any atom is -0.331 e. The van der Waals surface area contributed by atoms with Gasteiger partial charge in [-0.05, 0) is 54.8 Å².